The molecule has 1 aromatic heterocycles. The highest BCUT2D eigenvalue weighted by Crippen LogP contribution is 2.25. The summed E-state index contributed by atoms with van der Waals surface area (Å²) in [7, 11) is 0. The van der Waals surface area contributed by atoms with E-state index in [1.54, 1.807) is 6.33 Å². The van der Waals surface area contributed by atoms with Crippen LogP contribution in [0.2, 0.25) is 0 Å². The van der Waals surface area contributed by atoms with Gasteiger partial charge in [0.05, 0.1) is 0 Å². The molecule has 5 heteroatoms. The van der Waals surface area contributed by atoms with Crippen LogP contribution in [0.3, 0.4) is 0 Å². The zero-order chi connectivity index (χ0) is 15.4. The summed E-state index contributed by atoms with van der Waals surface area (Å²) in [5, 5.41) is 6.71. The van der Waals surface area contributed by atoms with Crippen LogP contribution in [-0.2, 0) is 0 Å². The van der Waals surface area contributed by atoms with E-state index in [1.165, 1.54) is 18.5 Å². The van der Waals surface area contributed by atoms with E-state index in [0.29, 0.717) is 6.04 Å². The van der Waals surface area contributed by atoms with Crippen molar-refractivity contribution >= 4 is 23.0 Å². The maximum Gasteiger partial charge on any atom is 0.135 e. The second-order valence-electron chi connectivity index (χ2n) is 5.55. The Hall–Kier alpha value is -2.30. The summed E-state index contributed by atoms with van der Waals surface area (Å²) in [6, 6.07) is 11.0. The Morgan fingerprint density at radius 1 is 1.05 bits per heavy atom. The van der Waals surface area contributed by atoms with Gasteiger partial charge in [0.1, 0.15) is 18.0 Å². The van der Waals surface area contributed by atoms with Crippen LogP contribution in [0.25, 0.3) is 0 Å². The van der Waals surface area contributed by atoms with Crippen molar-refractivity contribution in [2.24, 2.45) is 0 Å². The average molecular weight is 297 g/mol. The lowest BCUT2D eigenvalue weighted by Gasteiger charge is -2.21. The van der Waals surface area contributed by atoms with Crippen LogP contribution in [0.1, 0.15) is 26.7 Å². The molecule has 0 radical (unpaired) electrons. The largest absolute Gasteiger partial charge is 0.372 e. The molecule has 2 aromatic rings. The standard InChI is InChI=1S/C17H23N5/c1-3-22(4-2)15-9-7-14(8-10-15)21-17-11-16(18-12-19-17)20-13-5-6-13/h7-13H,3-6H2,1-2H3,(H2,18,19,20,21). The summed E-state index contributed by atoms with van der Waals surface area (Å²) in [6.07, 6.45) is 4.07. The van der Waals surface area contributed by atoms with Gasteiger partial charge in [0.2, 0.25) is 0 Å². The van der Waals surface area contributed by atoms with Crippen LogP contribution in [-0.4, -0.2) is 29.1 Å². The molecule has 22 heavy (non-hydrogen) atoms. The lowest BCUT2D eigenvalue weighted by atomic mass is 10.2. The first kappa shape index (κ1) is 14.6. The van der Waals surface area contributed by atoms with Gasteiger partial charge in [0.25, 0.3) is 0 Å². The monoisotopic (exact) mass is 297 g/mol. The summed E-state index contributed by atoms with van der Waals surface area (Å²) in [4.78, 5) is 10.9. The topological polar surface area (TPSA) is 53.1 Å². The van der Waals surface area contributed by atoms with Crippen molar-refractivity contribution in [3.63, 3.8) is 0 Å². The van der Waals surface area contributed by atoms with E-state index in [4.69, 9.17) is 0 Å². The predicted molar refractivity (Wildman–Crippen MR) is 92.0 cm³/mol. The molecule has 0 atom stereocenters. The summed E-state index contributed by atoms with van der Waals surface area (Å²) < 4.78 is 0. The molecule has 0 bridgehead atoms. The van der Waals surface area contributed by atoms with Gasteiger partial charge in [0, 0.05) is 36.6 Å². The van der Waals surface area contributed by atoms with Crippen molar-refractivity contribution in [2.45, 2.75) is 32.7 Å². The van der Waals surface area contributed by atoms with E-state index < -0.39 is 0 Å². The van der Waals surface area contributed by atoms with Crippen molar-refractivity contribution in [1.29, 1.82) is 0 Å². The number of rotatable bonds is 7. The van der Waals surface area contributed by atoms with Crippen LogP contribution in [0.5, 0.6) is 0 Å². The molecule has 2 N–H and O–H groups in total. The number of hydrogen-bond acceptors (Lipinski definition) is 5. The van der Waals surface area contributed by atoms with Crippen LogP contribution in [0, 0.1) is 0 Å². The highest BCUT2D eigenvalue weighted by Gasteiger charge is 2.21. The first-order valence-electron chi connectivity index (χ1n) is 7.99. The Bertz CT molecular complexity index is 603. The predicted octanol–water partition coefficient (Wildman–Crippen LogP) is 3.64. The van der Waals surface area contributed by atoms with E-state index in [2.05, 4.69) is 63.6 Å². The molecule has 3 rings (SSSR count). The minimum absolute atomic E-state index is 0.594. The molecule has 0 aliphatic heterocycles. The van der Waals surface area contributed by atoms with Crippen molar-refractivity contribution in [2.75, 3.05) is 28.6 Å². The minimum Gasteiger partial charge on any atom is -0.372 e. The van der Waals surface area contributed by atoms with Gasteiger partial charge in [-0.2, -0.15) is 0 Å². The third kappa shape index (κ3) is 3.67. The Labute approximate surface area is 131 Å². The van der Waals surface area contributed by atoms with Crippen LogP contribution < -0.4 is 15.5 Å². The number of hydrogen-bond donors (Lipinski definition) is 2. The van der Waals surface area contributed by atoms with Gasteiger partial charge in [-0.15, -0.1) is 0 Å². The highest BCUT2D eigenvalue weighted by atomic mass is 15.1. The SMILES string of the molecule is CCN(CC)c1ccc(Nc2cc(NC3CC3)ncn2)cc1. The smallest absolute Gasteiger partial charge is 0.135 e. The fraction of sp³-hybridized carbons (Fsp3) is 0.412. The molecule has 5 nitrogen and oxygen atoms in total. The highest BCUT2D eigenvalue weighted by molar-refractivity contribution is 5.62. The Balaban J connectivity index is 1.67. The summed E-state index contributed by atoms with van der Waals surface area (Å²) >= 11 is 0. The summed E-state index contributed by atoms with van der Waals surface area (Å²) in [5.74, 6) is 1.70. The van der Waals surface area contributed by atoms with E-state index in [-0.39, 0.29) is 0 Å². The maximum absolute atomic E-state index is 4.28. The van der Waals surface area contributed by atoms with Crippen LogP contribution >= 0.6 is 0 Å². The van der Waals surface area contributed by atoms with Crippen molar-refractivity contribution in [1.82, 2.24) is 9.97 Å². The Morgan fingerprint density at radius 3 is 2.36 bits per heavy atom. The maximum atomic E-state index is 4.28. The van der Waals surface area contributed by atoms with Gasteiger partial charge in [-0.05, 0) is 51.0 Å². The minimum atomic E-state index is 0.594. The van der Waals surface area contributed by atoms with Gasteiger partial charge in [-0.1, -0.05) is 0 Å². The van der Waals surface area contributed by atoms with Crippen molar-refractivity contribution < 1.29 is 0 Å². The first-order chi connectivity index (χ1) is 10.8. The van der Waals surface area contributed by atoms with Crippen molar-refractivity contribution in [3.05, 3.63) is 36.7 Å². The quantitative estimate of drug-likeness (QED) is 0.817. The zero-order valence-corrected chi connectivity index (χ0v) is 13.2. The number of benzene rings is 1. The van der Waals surface area contributed by atoms with E-state index in [0.717, 1.165) is 30.4 Å². The normalized spacial score (nSPS) is 13.7. The molecule has 0 amide bonds. The lowest BCUT2D eigenvalue weighted by molar-refractivity contribution is 0.866. The second-order valence-corrected chi connectivity index (χ2v) is 5.55. The fourth-order valence-corrected chi connectivity index (χ4v) is 2.43. The van der Waals surface area contributed by atoms with Crippen LogP contribution in [0.4, 0.5) is 23.0 Å². The zero-order valence-electron chi connectivity index (χ0n) is 13.2. The first-order valence-corrected chi connectivity index (χ1v) is 7.99. The molecule has 1 saturated carbocycles. The molecule has 0 spiro atoms. The molecule has 1 aliphatic carbocycles. The average Bonchev–Trinajstić information content (AvgIpc) is 3.34. The fourth-order valence-electron chi connectivity index (χ4n) is 2.43. The Morgan fingerprint density at radius 2 is 1.73 bits per heavy atom. The van der Waals surface area contributed by atoms with E-state index >= 15 is 0 Å². The second kappa shape index (κ2) is 6.64. The van der Waals surface area contributed by atoms with Gasteiger partial charge in [0.15, 0.2) is 0 Å². The molecular formula is C17H23N5. The lowest BCUT2D eigenvalue weighted by Crippen LogP contribution is -2.21. The van der Waals surface area contributed by atoms with Crippen LogP contribution in [0.15, 0.2) is 36.7 Å². The number of aromatic nitrogens is 2. The van der Waals surface area contributed by atoms with Gasteiger partial charge in [-0.25, -0.2) is 9.97 Å². The molecule has 1 heterocycles. The van der Waals surface area contributed by atoms with Gasteiger partial charge in [-0.3, -0.25) is 0 Å². The molecular weight excluding hydrogens is 274 g/mol. The summed E-state index contributed by atoms with van der Waals surface area (Å²) in [6.45, 7) is 6.38. The summed E-state index contributed by atoms with van der Waals surface area (Å²) in [5.41, 5.74) is 2.28. The molecule has 0 saturated heterocycles. The molecule has 116 valence electrons. The van der Waals surface area contributed by atoms with Gasteiger partial charge < -0.3 is 15.5 Å². The third-order valence-corrected chi connectivity index (χ3v) is 3.86. The number of anilines is 4. The van der Waals surface area contributed by atoms with E-state index in [9.17, 15) is 0 Å². The number of nitrogens with one attached hydrogen (secondary N) is 2. The van der Waals surface area contributed by atoms with E-state index in [1.807, 2.05) is 6.07 Å². The molecule has 0 unspecified atom stereocenters. The third-order valence-electron chi connectivity index (χ3n) is 3.86. The number of nitrogens with zero attached hydrogens (tertiary/aromatic N) is 3. The Kier molecular flexibility index (Phi) is 4.42. The molecule has 1 fully saturated rings. The molecule has 1 aliphatic rings. The molecule has 1 aromatic carbocycles. The van der Waals surface area contributed by atoms with Gasteiger partial charge >= 0.3 is 0 Å². The van der Waals surface area contributed by atoms with Crippen molar-refractivity contribution in [3.8, 4) is 0 Å².